The molecule has 4 heteroatoms. The fourth-order valence-electron chi connectivity index (χ4n) is 5.00. The van der Waals surface area contributed by atoms with Gasteiger partial charge in [-0.2, -0.15) is 0 Å². The zero-order chi connectivity index (χ0) is 23.9. The molecule has 1 aromatic carbocycles. The van der Waals surface area contributed by atoms with Gasteiger partial charge < -0.3 is 0 Å². The average Bonchev–Trinajstić information content (AvgIpc) is 2.71. The molecule has 2 bridgehead atoms. The molecule has 3 aliphatic rings. The van der Waals surface area contributed by atoms with E-state index in [9.17, 15) is 4.79 Å². The van der Waals surface area contributed by atoms with Crippen LogP contribution >= 0.6 is 27.9 Å². The van der Waals surface area contributed by atoms with E-state index in [2.05, 4.69) is 48.3 Å². The first-order chi connectivity index (χ1) is 15.0. The lowest BCUT2D eigenvalue weighted by Gasteiger charge is -2.45. The first kappa shape index (κ1) is 27.9. The van der Waals surface area contributed by atoms with Crippen molar-refractivity contribution in [1.82, 2.24) is 4.72 Å². The van der Waals surface area contributed by atoms with Crippen molar-refractivity contribution < 1.29 is 4.79 Å². The fourth-order valence-corrected chi connectivity index (χ4v) is 6.06. The van der Waals surface area contributed by atoms with Gasteiger partial charge >= 0.3 is 0 Å². The number of carbonyl (C=O) groups is 1. The van der Waals surface area contributed by atoms with E-state index in [1.165, 1.54) is 50.5 Å². The first-order valence-corrected chi connectivity index (χ1v) is 14.3. The van der Waals surface area contributed by atoms with Crippen molar-refractivity contribution in [3.8, 4) is 0 Å². The number of hydrogen-bond acceptors (Lipinski definition) is 3. The lowest BCUT2D eigenvalue weighted by molar-refractivity contribution is -0.121. The molecular weight excluding hydrogens is 478 g/mol. The average molecular weight is 525 g/mol. The summed E-state index contributed by atoms with van der Waals surface area (Å²) in [7, 11) is 0. The van der Waals surface area contributed by atoms with Gasteiger partial charge in [0.2, 0.25) is 0 Å². The lowest BCUT2D eigenvalue weighted by atomic mass is 9.61. The van der Waals surface area contributed by atoms with Gasteiger partial charge in [0.1, 0.15) is 5.78 Å². The van der Waals surface area contributed by atoms with Crippen molar-refractivity contribution in [1.29, 1.82) is 0 Å². The second kappa shape index (κ2) is 13.0. The van der Waals surface area contributed by atoms with Crippen molar-refractivity contribution in [2.45, 2.75) is 104 Å². The second-order valence-corrected chi connectivity index (χ2v) is 13.2. The number of fused-ring (bicyclic) bond motifs is 2. The van der Waals surface area contributed by atoms with Gasteiger partial charge in [-0.3, -0.25) is 4.79 Å². The molecule has 0 heterocycles. The Labute approximate surface area is 210 Å². The quantitative estimate of drug-likeness (QED) is 0.399. The van der Waals surface area contributed by atoms with Gasteiger partial charge in [0.25, 0.3) is 0 Å². The van der Waals surface area contributed by atoms with Crippen LogP contribution in [-0.4, -0.2) is 11.3 Å². The van der Waals surface area contributed by atoms with E-state index in [-0.39, 0.29) is 5.78 Å². The molecule has 2 nitrogen and oxygen atoms in total. The molecular formula is C28H46BrNOS. The van der Waals surface area contributed by atoms with E-state index in [0.717, 1.165) is 44.9 Å². The summed E-state index contributed by atoms with van der Waals surface area (Å²) >= 11 is 4.85. The molecule has 5 unspecified atom stereocenters. The van der Waals surface area contributed by atoms with Crippen molar-refractivity contribution in [3.05, 3.63) is 28.7 Å². The van der Waals surface area contributed by atoms with Crippen LogP contribution in [0.5, 0.6) is 0 Å². The van der Waals surface area contributed by atoms with E-state index in [1.807, 2.05) is 38.1 Å². The molecule has 3 saturated carbocycles. The fraction of sp³-hybridized carbons (Fsp3) is 0.750. The maximum absolute atomic E-state index is 11.3. The number of nitrogens with one attached hydrogen (secondary N) is 1. The van der Waals surface area contributed by atoms with Gasteiger partial charge in [-0.25, -0.2) is 4.72 Å². The number of benzene rings is 1. The highest BCUT2D eigenvalue weighted by atomic mass is 79.9. The molecule has 3 fully saturated rings. The van der Waals surface area contributed by atoms with Crippen LogP contribution in [0.25, 0.3) is 0 Å². The van der Waals surface area contributed by atoms with Crippen LogP contribution in [0.4, 0.5) is 0 Å². The summed E-state index contributed by atoms with van der Waals surface area (Å²) in [6.45, 7) is 15.0. The Morgan fingerprint density at radius 2 is 1.56 bits per heavy atom. The third-order valence-corrected chi connectivity index (χ3v) is 9.58. The summed E-state index contributed by atoms with van der Waals surface area (Å²) in [5, 5.41) is 0. The highest BCUT2D eigenvalue weighted by Crippen LogP contribution is 2.47. The molecule has 5 atom stereocenters. The minimum Gasteiger partial charge on any atom is -0.298 e. The molecule has 182 valence electrons. The van der Waals surface area contributed by atoms with E-state index >= 15 is 0 Å². The van der Waals surface area contributed by atoms with Crippen LogP contribution in [0.1, 0.15) is 93.4 Å². The highest BCUT2D eigenvalue weighted by Gasteiger charge is 2.37. The van der Waals surface area contributed by atoms with Crippen LogP contribution in [0, 0.1) is 35.5 Å². The topological polar surface area (TPSA) is 29.1 Å². The number of ketones is 1. The summed E-state index contributed by atoms with van der Waals surface area (Å²) in [6.07, 6.45) is 10.6. The van der Waals surface area contributed by atoms with Crippen LogP contribution in [-0.2, 0) is 4.79 Å². The summed E-state index contributed by atoms with van der Waals surface area (Å²) in [5.74, 6) is 6.38. The van der Waals surface area contributed by atoms with Crippen molar-refractivity contribution >= 4 is 33.7 Å². The number of carbonyl (C=O) groups excluding carboxylic acids is 1. The largest absolute Gasteiger partial charge is 0.298 e. The lowest BCUT2D eigenvalue weighted by Crippen LogP contribution is -2.41. The van der Waals surface area contributed by atoms with Crippen LogP contribution in [0.15, 0.2) is 33.6 Å². The Balaban J connectivity index is 0.000000189. The molecule has 0 saturated heterocycles. The number of rotatable bonds is 4. The van der Waals surface area contributed by atoms with Crippen molar-refractivity contribution in [2.24, 2.45) is 35.5 Å². The normalized spacial score (nSPS) is 29.6. The molecule has 0 radical (unpaired) electrons. The van der Waals surface area contributed by atoms with Gasteiger partial charge in [0.05, 0.1) is 5.54 Å². The van der Waals surface area contributed by atoms with Crippen LogP contribution < -0.4 is 4.72 Å². The Bertz CT molecular complexity index is 696. The molecule has 3 aliphatic carbocycles. The van der Waals surface area contributed by atoms with Crippen LogP contribution in [0.2, 0.25) is 0 Å². The maximum atomic E-state index is 11.3. The summed E-state index contributed by atoms with van der Waals surface area (Å²) < 4.78 is 4.20. The Morgan fingerprint density at radius 1 is 0.969 bits per heavy atom. The minimum absolute atomic E-state index is 0.132. The van der Waals surface area contributed by atoms with Crippen molar-refractivity contribution in [2.75, 3.05) is 0 Å². The third kappa shape index (κ3) is 9.14. The molecule has 0 amide bonds. The van der Waals surface area contributed by atoms with Gasteiger partial charge in [-0.05, 0) is 118 Å². The smallest absolute Gasteiger partial charge is 0.150 e. The Hall–Kier alpha value is -0.320. The summed E-state index contributed by atoms with van der Waals surface area (Å²) in [6, 6.07) is 7.95. The molecule has 0 aliphatic heterocycles. The molecule has 1 N–H and O–H groups in total. The molecule has 0 aromatic heterocycles. The first-order valence-electron chi connectivity index (χ1n) is 12.7. The van der Waals surface area contributed by atoms with Crippen molar-refractivity contribution in [3.63, 3.8) is 0 Å². The van der Waals surface area contributed by atoms with Crippen LogP contribution in [0.3, 0.4) is 0 Å². The molecule has 1 aromatic rings. The zero-order valence-electron chi connectivity index (χ0n) is 21.4. The molecule has 4 rings (SSSR count). The minimum atomic E-state index is -0.488. The van der Waals surface area contributed by atoms with Gasteiger partial charge in [-0.15, -0.1) is 0 Å². The van der Waals surface area contributed by atoms with E-state index in [1.54, 1.807) is 13.3 Å². The number of Topliss-reactive ketones (excluding diaryl/α,β-unsaturated/α-hetero) is 1. The summed E-state index contributed by atoms with van der Waals surface area (Å²) in [4.78, 5) is 12.3. The second-order valence-electron chi connectivity index (χ2n) is 11.4. The van der Waals surface area contributed by atoms with E-state index < -0.39 is 5.54 Å². The Kier molecular flexibility index (Phi) is 11.3. The Morgan fingerprint density at radius 3 is 2.06 bits per heavy atom. The zero-order valence-corrected chi connectivity index (χ0v) is 23.8. The standard InChI is InChI=1S/C12H22.C11H14BrNOS.C5H10/c1-8-4-11-6-9(2)10(3)12(5-8)7-11;1-8(14)11(2,3)13-15-10-6-4-9(12)5-7-10;1-5-3-2-4-5/h8-12H,4-7H2,1-3H3;4-7,13H,1-3H3;5H,2-4H2,1H3. The molecule has 0 spiro atoms. The SMILES string of the molecule is CC(=O)C(C)(C)NSc1ccc(Br)cc1.CC1CC2CC(C)C(C)C(C1)C2.CC1CCC1. The third-order valence-electron chi connectivity index (χ3n) is 7.93. The van der Waals surface area contributed by atoms with Gasteiger partial charge in [0, 0.05) is 9.37 Å². The predicted molar refractivity (Wildman–Crippen MR) is 144 cm³/mol. The van der Waals surface area contributed by atoms with Gasteiger partial charge in [0.15, 0.2) is 0 Å². The van der Waals surface area contributed by atoms with E-state index in [4.69, 9.17) is 0 Å². The highest BCUT2D eigenvalue weighted by molar-refractivity contribution is 9.10. The van der Waals surface area contributed by atoms with Gasteiger partial charge in [-0.1, -0.05) is 62.9 Å². The molecule has 32 heavy (non-hydrogen) atoms. The number of hydrogen-bond donors (Lipinski definition) is 1. The number of halogens is 1. The van der Waals surface area contributed by atoms with E-state index in [0.29, 0.717) is 0 Å². The predicted octanol–water partition coefficient (Wildman–Crippen LogP) is 8.93. The summed E-state index contributed by atoms with van der Waals surface area (Å²) in [5.41, 5.74) is -0.488. The maximum Gasteiger partial charge on any atom is 0.150 e. The monoisotopic (exact) mass is 523 g/mol.